The molecule has 0 heterocycles. The van der Waals surface area contributed by atoms with Crippen molar-refractivity contribution >= 4 is 17.7 Å². The van der Waals surface area contributed by atoms with Crippen LogP contribution in [-0.2, 0) is 0 Å². The first kappa shape index (κ1) is 17.6. The number of ether oxygens (including phenoxy) is 1. The van der Waals surface area contributed by atoms with Crippen LogP contribution >= 0.6 is 11.8 Å². The molecular weight excluding hydrogens is 289 g/mol. The van der Waals surface area contributed by atoms with E-state index in [2.05, 4.69) is 21.9 Å². The maximum absolute atomic E-state index is 12.8. The van der Waals surface area contributed by atoms with Gasteiger partial charge in [0.15, 0.2) is 5.96 Å². The molecular formula is C15H24FN3OS. The number of rotatable bonds is 8. The van der Waals surface area contributed by atoms with Crippen LogP contribution < -0.4 is 15.4 Å². The van der Waals surface area contributed by atoms with Gasteiger partial charge < -0.3 is 15.4 Å². The molecule has 0 saturated heterocycles. The second-order valence-corrected chi connectivity index (χ2v) is 5.59. The van der Waals surface area contributed by atoms with Gasteiger partial charge in [-0.15, -0.1) is 0 Å². The summed E-state index contributed by atoms with van der Waals surface area (Å²) in [6.45, 7) is 3.48. The van der Waals surface area contributed by atoms with Crippen molar-refractivity contribution in [3.05, 3.63) is 30.1 Å². The molecule has 1 unspecified atom stereocenters. The highest BCUT2D eigenvalue weighted by molar-refractivity contribution is 7.98. The van der Waals surface area contributed by atoms with Crippen LogP contribution in [0.1, 0.15) is 13.3 Å². The minimum Gasteiger partial charge on any atom is -0.489 e. The summed E-state index contributed by atoms with van der Waals surface area (Å²) in [5.41, 5.74) is 0. The molecule has 0 aliphatic rings. The first-order valence-electron chi connectivity index (χ1n) is 7.01. The van der Waals surface area contributed by atoms with Crippen molar-refractivity contribution in [3.8, 4) is 5.75 Å². The molecule has 0 amide bonds. The zero-order chi connectivity index (χ0) is 15.5. The average Bonchev–Trinajstić information content (AvgIpc) is 2.49. The predicted octanol–water partition coefficient (Wildman–Crippen LogP) is 2.51. The Morgan fingerprint density at radius 3 is 2.67 bits per heavy atom. The summed E-state index contributed by atoms with van der Waals surface area (Å²) in [6, 6.07) is 6.03. The number of guanidine groups is 1. The standard InChI is InChI=1S/C15H24FN3OS/c1-12(20-14-7-5-13(16)6-8-14)11-19-15(17-2)18-9-4-10-21-3/h5-8,12H,4,9-11H2,1-3H3,(H2,17,18,19). The highest BCUT2D eigenvalue weighted by Gasteiger charge is 2.05. The molecule has 0 saturated carbocycles. The van der Waals surface area contributed by atoms with Crippen molar-refractivity contribution in [2.45, 2.75) is 19.4 Å². The third-order valence-corrected chi connectivity index (χ3v) is 3.45. The molecule has 0 radical (unpaired) electrons. The molecule has 6 heteroatoms. The maximum Gasteiger partial charge on any atom is 0.191 e. The lowest BCUT2D eigenvalue weighted by molar-refractivity contribution is 0.223. The van der Waals surface area contributed by atoms with Gasteiger partial charge in [0.2, 0.25) is 0 Å². The van der Waals surface area contributed by atoms with E-state index in [4.69, 9.17) is 4.74 Å². The number of benzene rings is 1. The van der Waals surface area contributed by atoms with E-state index in [1.54, 1.807) is 19.2 Å². The molecule has 0 aliphatic heterocycles. The molecule has 0 aliphatic carbocycles. The first-order chi connectivity index (χ1) is 10.2. The third-order valence-electron chi connectivity index (χ3n) is 2.75. The second kappa shape index (κ2) is 10.3. The van der Waals surface area contributed by atoms with E-state index < -0.39 is 0 Å². The Hall–Kier alpha value is -1.43. The van der Waals surface area contributed by atoms with Gasteiger partial charge in [-0.05, 0) is 49.6 Å². The summed E-state index contributed by atoms with van der Waals surface area (Å²) in [5.74, 6) is 2.30. The Kier molecular flexibility index (Phi) is 8.66. The normalized spacial score (nSPS) is 12.9. The summed E-state index contributed by atoms with van der Waals surface area (Å²) < 4.78 is 18.5. The molecule has 0 spiro atoms. The Bertz CT molecular complexity index is 425. The summed E-state index contributed by atoms with van der Waals surface area (Å²) in [4.78, 5) is 4.16. The largest absolute Gasteiger partial charge is 0.489 e. The van der Waals surface area contributed by atoms with Gasteiger partial charge in [-0.1, -0.05) is 0 Å². The summed E-state index contributed by atoms with van der Waals surface area (Å²) >= 11 is 1.83. The lowest BCUT2D eigenvalue weighted by atomic mass is 10.3. The summed E-state index contributed by atoms with van der Waals surface area (Å²) in [6.07, 6.45) is 3.16. The van der Waals surface area contributed by atoms with E-state index in [0.29, 0.717) is 12.3 Å². The minimum atomic E-state index is -0.261. The predicted molar refractivity (Wildman–Crippen MR) is 88.9 cm³/mol. The molecule has 0 aromatic heterocycles. The number of halogens is 1. The lowest BCUT2D eigenvalue weighted by Gasteiger charge is -2.17. The van der Waals surface area contributed by atoms with Crippen LogP contribution in [-0.4, -0.2) is 44.2 Å². The van der Waals surface area contributed by atoms with Crippen LogP contribution in [0.5, 0.6) is 5.75 Å². The van der Waals surface area contributed by atoms with E-state index >= 15 is 0 Å². The van der Waals surface area contributed by atoms with Gasteiger partial charge in [0.25, 0.3) is 0 Å². The van der Waals surface area contributed by atoms with Crippen molar-refractivity contribution in [3.63, 3.8) is 0 Å². The van der Waals surface area contributed by atoms with Crippen molar-refractivity contribution in [1.29, 1.82) is 0 Å². The van der Waals surface area contributed by atoms with Crippen LogP contribution in [0, 0.1) is 5.82 Å². The Labute approximate surface area is 130 Å². The van der Waals surface area contributed by atoms with E-state index in [9.17, 15) is 4.39 Å². The fraction of sp³-hybridized carbons (Fsp3) is 0.533. The van der Waals surface area contributed by atoms with E-state index in [1.165, 1.54) is 12.1 Å². The lowest BCUT2D eigenvalue weighted by Crippen LogP contribution is -2.42. The van der Waals surface area contributed by atoms with E-state index in [0.717, 1.165) is 24.7 Å². The second-order valence-electron chi connectivity index (χ2n) is 4.61. The van der Waals surface area contributed by atoms with Gasteiger partial charge in [-0.2, -0.15) is 11.8 Å². The van der Waals surface area contributed by atoms with Crippen LogP contribution in [0.15, 0.2) is 29.3 Å². The van der Waals surface area contributed by atoms with Gasteiger partial charge in [0.1, 0.15) is 17.7 Å². The minimum absolute atomic E-state index is 0.0415. The van der Waals surface area contributed by atoms with Crippen molar-refractivity contribution < 1.29 is 9.13 Å². The molecule has 4 nitrogen and oxygen atoms in total. The highest BCUT2D eigenvalue weighted by atomic mass is 32.2. The van der Waals surface area contributed by atoms with Gasteiger partial charge in [0, 0.05) is 13.6 Å². The molecule has 21 heavy (non-hydrogen) atoms. The third kappa shape index (κ3) is 7.80. The zero-order valence-electron chi connectivity index (χ0n) is 12.9. The fourth-order valence-electron chi connectivity index (χ4n) is 1.67. The van der Waals surface area contributed by atoms with Crippen LogP contribution in [0.4, 0.5) is 4.39 Å². The Balaban J connectivity index is 2.27. The van der Waals surface area contributed by atoms with Crippen LogP contribution in [0.25, 0.3) is 0 Å². The zero-order valence-corrected chi connectivity index (χ0v) is 13.7. The molecule has 2 N–H and O–H groups in total. The number of hydrogen-bond donors (Lipinski definition) is 2. The average molecular weight is 313 g/mol. The smallest absolute Gasteiger partial charge is 0.191 e. The maximum atomic E-state index is 12.8. The van der Waals surface area contributed by atoms with Crippen molar-refractivity contribution in [2.75, 3.05) is 32.1 Å². The van der Waals surface area contributed by atoms with E-state index in [1.807, 2.05) is 18.7 Å². The summed E-state index contributed by atoms with van der Waals surface area (Å²) in [5, 5.41) is 6.46. The molecule has 1 rings (SSSR count). The highest BCUT2D eigenvalue weighted by Crippen LogP contribution is 2.12. The number of hydrogen-bond acceptors (Lipinski definition) is 3. The summed E-state index contributed by atoms with van der Waals surface area (Å²) in [7, 11) is 1.75. The monoisotopic (exact) mass is 313 g/mol. The molecule has 1 aromatic rings. The van der Waals surface area contributed by atoms with Crippen molar-refractivity contribution in [1.82, 2.24) is 10.6 Å². The van der Waals surface area contributed by atoms with Gasteiger partial charge in [-0.3, -0.25) is 4.99 Å². The molecule has 0 bridgehead atoms. The van der Waals surface area contributed by atoms with Gasteiger partial charge in [-0.25, -0.2) is 4.39 Å². The Morgan fingerprint density at radius 2 is 2.05 bits per heavy atom. The van der Waals surface area contributed by atoms with Crippen LogP contribution in [0.3, 0.4) is 0 Å². The first-order valence-corrected chi connectivity index (χ1v) is 8.40. The SMILES string of the molecule is CN=C(NCCCSC)NCC(C)Oc1ccc(F)cc1. The van der Waals surface area contributed by atoms with Gasteiger partial charge >= 0.3 is 0 Å². The van der Waals surface area contributed by atoms with E-state index in [-0.39, 0.29) is 11.9 Å². The number of nitrogens with one attached hydrogen (secondary N) is 2. The Morgan fingerprint density at radius 1 is 1.33 bits per heavy atom. The molecule has 1 atom stereocenters. The molecule has 118 valence electrons. The topological polar surface area (TPSA) is 45.7 Å². The number of aliphatic imine (C=N–C) groups is 1. The number of thioether (sulfide) groups is 1. The quantitative estimate of drug-likeness (QED) is 0.440. The fourth-order valence-corrected chi connectivity index (χ4v) is 2.10. The molecule has 0 fully saturated rings. The number of nitrogens with zero attached hydrogens (tertiary/aromatic N) is 1. The van der Waals surface area contributed by atoms with Crippen LogP contribution in [0.2, 0.25) is 0 Å². The van der Waals surface area contributed by atoms with Crippen molar-refractivity contribution in [2.24, 2.45) is 4.99 Å². The molecule has 1 aromatic carbocycles. The van der Waals surface area contributed by atoms with Gasteiger partial charge in [0.05, 0.1) is 6.54 Å².